The summed E-state index contributed by atoms with van der Waals surface area (Å²) in [7, 11) is -3.58. The molecule has 6 nitrogen and oxygen atoms in total. The van der Waals surface area contributed by atoms with Crippen LogP contribution in [0.1, 0.15) is 12.8 Å². The summed E-state index contributed by atoms with van der Waals surface area (Å²) in [5, 5.41) is 0.852. The SMILES string of the molecule is Cl.O=S(=O)(c1ccccc1)c1cnc2c(N3CCC(N4CCOCC4)CC3)cccc2c1. The summed E-state index contributed by atoms with van der Waals surface area (Å²) in [6, 6.07) is 16.9. The molecule has 0 N–H and O–H groups in total. The molecular formula is C24H28ClN3O3S. The van der Waals surface area contributed by atoms with Crippen molar-refractivity contribution in [1.82, 2.24) is 9.88 Å². The summed E-state index contributed by atoms with van der Waals surface area (Å²) in [5.74, 6) is 0. The summed E-state index contributed by atoms with van der Waals surface area (Å²) < 4.78 is 31.5. The van der Waals surface area contributed by atoms with Gasteiger partial charge < -0.3 is 9.64 Å². The molecule has 0 bridgehead atoms. The van der Waals surface area contributed by atoms with E-state index in [1.165, 1.54) is 6.20 Å². The lowest BCUT2D eigenvalue weighted by Gasteiger charge is -2.41. The molecule has 32 heavy (non-hydrogen) atoms. The van der Waals surface area contributed by atoms with E-state index < -0.39 is 9.84 Å². The summed E-state index contributed by atoms with van der Waals surface area (Å²) in [6.45, 7) is 5.68. The summed E-state index contributed by atoms with van der Waals surface area (Å²) >= 11 is 0. The first-order chi connectivity index (χ1) is 15.1. The van der Waals surface area contributed by atoms with Crippen molar-refractivity contribution in [2.75, 3.05) is 44.3 Å². The molecule has 0 atom stereocenters. The second-order valence-corrected chi connectivity index (χ2v) is 10.2. The summed E-state index contributed by atoms with van der Waals surface area (Å²) in [4.78, 5) is 10.1. The van der Waals surface area contributed by atoms with Crippen molar-refractivity contribution in [2.45, 2.75) is 28.7 Å². The molecule has 8 heteroatoms. The topological polar surface area (TPSA) is 62.7 Å². The van der Waals surface area contributed by atoms with Gasteiger partial charge in [-0.3, -0.25) is 9.88 Å². The molecule has 0 saturated carbocycles. The molecule has 0 radical (unpaired) electrons. The summed E-state index contributed by atoms with van der Waals surface area (Å²) in [6.07, 6.45) is 3.74. The van der Waals surface area contributed by atoms with Gasteiger partial charge in [-0.1, -0.05) is 30.3 Å². The van der Waals surface area contributed by atoms with Crippen LogP contribution >= 0.6 is 12.4 Å². The lowest BCUT2D eigenvalue weighted by Crippen LogP contribution is -2.49. The van der Waals surface area contributed by atoms with Gasteiger partial charge in [0.05, 0.1) is 34.2 Å². The number of ether oxygens (including phenoxy) is 1. The van der Waals surface area contributed by atoms with Crippen LogP contribution in [-0.4, -0.2) is 63.7 Å². The number of benzene rings is 2. The lowest BCUT2D eigenvalue weighted by molar-refractivity contribution is 0.0115. The maximum Gasteiger partial charge on any atom is 0.208 e. The molecule has 3 aromatic rings. The number of halogens is 1. The largest absolute Gasteiger partial charge is 0.379 e. The highest BCUT2D eigenvalue weighted by molar-refractivity contribution is 7.91. The molecule has 170 valence electrons. The van der Waals surface area contributed by atoms with Crippen LogP contribution in [0.2, 0.25) is 0 Å². The molecule has 0 unspecified atom stereocenters. The minimum atomic E-state index is -3.58. The Hall–Kier alpha value is -2.19. The molecule has 3 heterocycles. The molecule has 0 amide bonds. The Bertz CT molecular complexity index is 1160. The monoisotopic (exact) mass is 473 g/mol. The van der Waals surface area contributed by atoms with Gasteiger partial charge in [-0.25, -0.2) is 8.42 Å². The maximum atomic E-state index is 13.0. The van der Waals surface area contributed by atoms with E-state index in [4.69, 9.17) is 4.74 Å². The van der Waals surface area contributed by atoms with Gasteiger partial charge in [0.25, 0.3) is 0 Å². The first-order valence-electron chi connectivity index (χ1n) is 10.9. The Labute approximate surface area is 195 Å². The number of pyridine rings is 1. The Morgan fingerprint density at radius 1 is 0.875 bits per heavy atom. The second kappa shape index (κ2) is 9.75. The number of morpholine rings is 1. The van der Waals surface area contributed by atoms with E-state index in [0.717, 1.165) is 68.8 Å². The average molecular weight is 474 g/mol. The predicted molar refractivity (Wildman–Crippen MR) is 129 cm³/mol. The third kappa shape index (κ3) is 4.48. The van der Waals surface area contributed by atoms with E-state index >= 15 is 0 Å². The highest BCUT2D eigenvalue weighted by Gasteiger charge is 2.27. The van der Waals surface area contributed by atoms with Crippen LogP contribution in [0.4, 0.5) is 5.69 Å². The zero-order valence-electron chi connectivity index (χ0n) is 17.9. The molecule has 2 saturated heterocycles. The van der Waals surface area contributed by atoms with Crippen LogP contribution in [0.15, 0.2) is 70.6 Å². The molecule has 0 aliphatic carbocycles. The van der Waals surface area contributed by atoms with E-state index in [0.29, 0.717) is 6.04 Å². The quantitative estimate of drug-likeness (QED) is 0.574. The van der Waals surface area contributed by atoms with Gasteiger partial charge in [0.1, 0.15) is 0 Å². The van der Waals surface area contributed by atoms with E-state index in [9.17, 15) is 8.42 Å². The predicted octanol–water partition coefficient (Wildman–Crippen LogP) is 3.79. The third-order valence-corrected chi connectivity index (χ3v) is 8.13. The zero-order chi connectivity index (χ0) is 21.3. The van der Waals surface area contributed by atoms with Gasteiger partial charge in [-0.15, -0.1) is 12.4 Å². The van der Waals surface area contributed by atoms with E-state index in [-0.39, 0.29) is 22.2 Å². The van der Waals surface area contributed by atoms with Crippen molar-refractivity contribution in [3.05, 3.63) is 60.8 Å². The fourth-order valence-electron chi connectivity index (χ4n) is 4.68. The van der Waals surface area contributed by atoms with Crippen molar-refractivity contribution in [3.8, 4) is 0 Å². The second-order valence-electron chi connectivity index (χ2n) is 8.20. The Balaban J connectivity index is 0.00000245. The van der Waals surface area contributed by atoms with Crippen molar-refractivity contribution in [2.24, 2.45) is 0 Å². The van der Waals surface area contributed by atoms with E-state index in [1.807, 2.05) is 18.2 Å². The number of rotatable bonds is 4. The standard InChI is InChI=1S/C24H27N3O3S.ClH/c28-31(29,21-6-2-1-3-7-21)22-17-19-5-4-8-23(24(19)25-18-22)27-11-9-20(10-12-27)26-13-15-30-16-14-26;/h1-8,17-18,20H,9-16H2;1H. The van der Waals surface area contributed by atoms with Gasteiger partial charge in [0, 0.05) is 43.8 Å². The first kappa shape index (κ1) is 23.0. The Morgan fingerprint density at radius 3 is 2.31 bits per heavy atom. The van der Waals surface area contributed by atoms with Gasteiger partial charge >= 0.3 is 0 Å². The number of anilines is 1. The van der Waals surface area contributed by atoms with Crippen molar-refractivity contribution < 1.29 is 13.2 Å². The molecule has 2 aromatic carbocycles. The smallest absolute Gasteiger partial charge is 0.208 e. The van der Waals surface area contributed by atoms with E-state index in [2.05, 4.69) is 20.9 Å². The molecule has 0 spiro atoms. The van der Waals surface area contributed by atoms with Crippen LogP contribution in [0.5, 0.6) is 0 Å². The first-order valence-corrected chi connectivity index (χ1v) is 12.4. The molecule has 1 aromatic heterocycles. The number of fused-ring (bicyclic) bond motifs is 1. The van der Waals surface area contributed by atoms with Crippen LogP contribution in [0, 0.1) is 0 Å². The minimum Gasteiger partial charge on any atom is -0.379 e. The third-order valence-electron chi connectivity index (χ3n) is 6.40. The Morgan fingerprint density at radius 2 is 1.59 bits per heavy atom. The normalized spacial score (nSPS) is 18.4. The highest BCUT2D eigenvalue weighted by atomic mass is 35.5. The minimum absolute atomic E-state index is 0. The lowest BCUT2D eigenvalue weighted by atomic mass is 10.0. The van der Waals surface area contributed by atoms with Crippen molar-refractivity contribution in [1.29, 1.82) is 0 Å². The van der Waals surface area contributed by atoms with Crippen molar-refractivity contribution >= 4 is 38.8 Å². The van der Waals surface area contributed by atoms with Crippen LogP contribution in [-0.2, 0) is 14.6 Å². The van der Waals surface area contributed by atoms with Crippen LogP contribution in [0.3, 0.4) is 0 Å². The molecule has 2 fully saturated rings. The number of sulfone groups is 1. The number of piperidine rings is 1. The zero-order valence-corrected chi connectivity index (χ0v) is 19.5. The fourth-order valence-corrected chi connectivity index (χ4v) is 5.94. The number of hydrogen-bond donors (Lipinski definition) is 0. The molecule has 5 rings (SSSR count). The maximum absolute atomic E-state index is 13.0. The molecule has 2 aliphatic rings. The number of hydrogen-bond acceptors (Lipinski definition) is 6. The van der Waals surface area contributed by atoms with Gasteiger partial charge in [0.15, 0.2) is 0 Å². The molecular weight excluding hydrogens is 446 g/mol. The Kier molecular flexibility index (Phi) is 7.00. The number of nitrogens with zero attached hydrogens (tertiary/aromatic N) is 3. The number of para-hydroxylation sites is 1. The summed E-state index contributed by atoms with van der Waals surface area (Å²) in [5.41, 5.74) is 1.95. The van der Waals surface area contributed by atoms with Gasteiger partial charge in [-0.2, -0.15) is 0 Å². The van der Waals surface area contributed by atoms with Crippen LogP contribution < -0.4 is 4.90 Å². The van der Waals surface area contributed by atoms with Crippen molar-refractivity contribution in [3.63, 3.8) is 0 Å². The van der Waals surface area contributed by atoms with Gasteiger partial charge in [0.2, 0.25) is 9.84 Å². The number of aromatic nitrogens is 1. The van der Waals surface area contributed by atoms with E-state index in [1.54, 1.807) is 30.3 Å². The fraction of sp³-hybridized carbons (Fsp3) is 0.375. The molecule has 2 aliphatic heterocycles. The van der Waals surface area contributed by atoms with Gasteiger partial charge in [-0.05, 0) is 37.1 Å². The van der Waals surface area contributed by atoms with Crippen LogP contribution in [0.25, 0.3) is 10.9 Å². The highest BCUT2D eigenvalue weighted by Crippen LogP contribution is 2.31. The average Bonchev–Trinajstić information content (AvgIpc) is 2.84.